The summed E-state index contributed by atoms with van der Waals surface area (Å²) in [6.07, 6.45) is 1.20. The van der Waals surface area contributed by atoms with E-state index < -0.39 is 17.6 Å². The third kappa shape index (κ3) is 2.33. The largest absolute Gasteiger partial charge is 0.478 e. The molecule has 21 heavy (non-hydrogen) atoms. The van der Waals surface area contributed by atoms with E-state index in [1.807, 2.05) is 0 Å². The fourth-order valence-electron chi connectivity index (χ4n) is 2.04. The topological polar surface area (TPSA) is 67.5 Å². The van der Waals surface area contributed by atoms with Crippen molar-refractivity contribution in [3.05, 3.63) is 65.1 Å². The predicted molar refractivity (Wildman–Crippen MR) is 69.1 cm³/mol. The number of aromatic carboxylic acids is 1. The number of benzene rings is 1. The lowest BCUT2D eigenvalue weighted by molar-refractivity contribution is 0.0696. The predicted octanol–water partition coefficient (Wildman–Crippen LogP) is 2.30. The fraction of sp³-hybridized carbons (Fsp3) is 0.0714. The van der Waals surface area contributed by atoms with Gasteiger partial charge in [-0.25, -0.2) is 13.6 Å². The Hall–Kier alpha value is -2.83. The molecule has 0 spiro atoms. The molecule has 0 aliphatic carbocycles. The highest BCUT2D eigenvalue weighted by Crippen LogP contribution is 2.17. The van der Waals surface area contributed by atoms with E-state index in [0.717, 1.165) is 12.1 Å². The van der Waals surface area contributed by atoms with E-state index in [1.54, 1.807) is 0 Å². The van der Waals surface area contributed by atoms with Crippen LogP contribution in [-0.2, 0) is 6.42 Å². The van der Waals surface area contributed by atoms with Crippen molar-refractivity contribution in [2.75, 3.05) is 0 Å². The summed E-state index contributed by atoms with van der Waals surface area (Å²) in [6.45, 7) is 0. The third-order valence-corrected chi connectivity index (χ3v) is 3.12. The first kappa shape index (κ1) is 13.2. The van der Waals surface area contributed by atoms with Crippen molar-refractivity contribution in [2.24, 2.45) is 0 Å². The Labute approximate surface area is 117 Å². The van der Waals surface area contributed by atoms with E-state index in [-0.39, 0.29) is 23.4 Å². The monoisotopic (exact) mass is 289 g/mol. The van der Waals surface area contributed by atoms with Crippen LogP contribution < -0.4 is 0 Å². The lowest BCUT2D eigenvalue weighted by Gasteiger charge is -2.04. The Kier molecular flexibility index (Phi) is 3.09. The van der Waals surface area contributed by atoms with Crippen LogP contribution in [0.3, 0.4) is 0 Å². The molecule has 0 saturated carbocycles. The molecule has 0 atom stereocenters. The number of hydrogen-bond acceptors (Lipinski definition) is 3. The van der Waals surface area contributed by atoms with Crippen molar-refractivity contribution >= 4 is 11.6 Å². The molecule has 0 radical (unpaired) electrons. The number of hydrogen-bond donors (Lipinski definition) is 1. The standard InChI is InChI=1S/C14H9F2N3O2/c15-10-2-1-3-11(16)9(10)6-13-18-17-12-5-4-8(14(20)21)7-19(12)13/h1-5,7H,6H2,(H,20,21). The van der Waals surface area contributed by atoms with Crippen LogP contribution in [0.25, 0.3) is 5.65 Å². The summed E-state index contributed by atoms with van der Waals surface area (Å²) in [5.41, 5.74) is 0.317. The lowest BCUT2D eigenvalue weighted by Crippen LogP contribution is -2.04. The minimum atomic E-state index is -1.10. The van der Waals surface area contributed by atoms with Gasteiger partial charge in [0, 0.05) is 18.2 Å². The molecule has 7 heteroatoms. The molecule has 0 aliphatic heterocycles. The number of nitrogens with zero attached hydrogens (tertiary/aromatic N) is 3. The highest BCUT2D eigenvalue weighted by Gasteiger charge is 2.14. The number of halogens is 2. The summed E-state index contributed by atoms with van der Waals surface area (Å²) >= 11 is 0. The minimum Gasteiger partial charge on any atom is -0.478 e. The van der Waals surface area contributed by atoms with Gasteiger partial charge in [0.2, 0.25) is 0 Å². The Bertz CT molecular complexity index is 825. The molecular formula is C14H9F2N3O2. The molecular weight excluding hydrogens is 280 g/mol. The van der Waals surface area contributed by atoms with Crippen molar-refractivity contribution in [1.82, 2.24) is 14.6 Å². The molecule has 0 aliphatic rings. The van der Waals surface area contributed by atoms with Crippen molar-refractivity contribution in [3.8, 4) is 0 Å². The first-order valence-electron chi connectivity index (χ1n) is 6.06. The van der Waals surface area contributed by atoms with Gasteiger partial charge in [0.15, 0.2) is 5.65 Å². The summed E-state index contributed by atoms with van der Waals surface area (Å²) in [4.78, 5) is 11.0. The molecule has 0 fully saturated rings. The van der Waals surface area contributed by atoms with Crippen molar-refractivity contribution in [2.45, 2.75) is 6.42 Å². The van der Waals surface area contributed by atoms with E-state index in [0.29, 0.717) is 5.65 Å². The molecule has 0 saturated heterocycles. The van der Waals surface area contributed by atoms with Crippen LogP contribution in [0.5, 0.6) is 0 Å². The van der Waals surface area contributed by atoms with E-state index in [4.69, 9.17) is 5.11 Å². The van der Waals surface area contributed by atoms with Gasteiger partial charge in [0.1, 0.15) is 17.5 Å². The molecule has 0 amide bonds. The number of rotatable bonds is 3. The van der Waals surface area contributed by atoms with Crippen molar-refractivity contribution < 1.29 is 18.7 Å². The summed E-state index contributed by atoms with van der Waals surface area (Å²) in [6, 6.07) is 6.46. The van der Waals surface area contributed by atoms with E-state index >= 15 is 0 Å². The molecule has 2 heterocycles. The second kappa shape index (κ2) is 4.93. The van der Waals surface area contributed by atoms with Crippen LogP contribution in [0.1, 0.15) is 21.7 Å². The molecule has 5 nitrogen and oxygen atoms in total. The van der Waals surface area contributed by atoms with Crippen LogP contribution in [0, 0.1) is 11.6 Å². The number of carboxylic acid groups (broad SMARTS) is 1. The van der Waals surface area contributed by atoms with Gasteiger partial charge in [0.25, 0.3) is 0 Å². The number of aromatic nitrogens is 3. The summed E-state index contributed by atoms with van der Waals surface area (Å²) in [5.74, 6) is -2.20. The van der Waals surface area contributed by atoms with E-state index in [2.05, 4.69) is 10.2 Å². The SMILES string of the molecule is O=C(O)c1ccc2nnc(Cc3c(F)cccc3F)n2c1. The van der Waals surface area contributed by atoms with Gasteiger partial charge < -0.3 is 5.11 Å². The average molecular weight is 289 g/mol. The number of pyridine rings is 1. The molecule has 2 aromatic heterocycles. The molecule has 3 rings (SSSR count). The fourth-order valence-corrected chi connectivity index (χ4v) is 2.04. The van der Waals surface area contributed by atoms with E-state index in [1.165, 1.54) is 28.8 Å². The summed E-state index contributed by atoms with van der Waals surface area (Å²) < 4.78 is 28.7. The number of carboxylic acids is 1. The number of fused-ring (bicyclic) bond motifs is 1. The molecule has 1 aromatic carbocycles. The molecule has 106 valence electrons. The molecule has 3 aromatic rings. The zero-order chi connectivity index (χ0) is 15.0. The maximum Gasteiger partial charge on any atom is 0.337 e. The Balaban J connectivity index is 2.08. The van der Waals surface area contributed by atoms with Crippen LogP contribution in [0.4, 0.5) is 8.78 Å². The van der Waals surface area contributed by atoms with Crippen molar-refractivity contribution in [3.63, 3.8) is 0 Å². The average Bonchev–Trinajstić information content (AvgIpc) is 2.85. The van der Waals surface area contributed by atoms with Gasteiger partial charge in [-0.1, -0.05) is 6.07 Å². The zero-order valence-electron chi connectivity index (χ0n) is 10.6. The van der Waals surface area contributed by atoms with Gasteiger partial charge in [-0.15, -0.1) is 10.2 Å². The van der Waals surface area contributed by atoms with Gasteiger partial charge in [-0.3, -0.25) is 4.40 Å². The van der Waals surface area contributed by atoms with Gasteiger partial charge >= 0.3 is 5.97 Å². The van der Waals surface area contributed by atoms with Gasteiger partial charge in [-0.2, -0.15) is 0 Å². The van der Waals surface area contributed by atoms with Gasteiger partial charge in [0.05, 0.1) is 5.56 Å². The Morgan fingerprint density at radius 2 is 1.86 bits per heavy atom. The minimum absolute atomic E-state index is 0.0394. The third-order valence-electron chi connectivity index (χ3n) is 3.12. The molecule has 0 bridgehead atoms. The zero-order valence-corrected chi connectivity index (χ0v) is 10.6. The maximum atomic E-state index is 13.7. The van der Waals surface area contributed by atoms with Crippen LogP contribution in [0.15, 0.2) is 36.5 Å². The van der Waals surface area contributed by atoms with Crippen LogP contribution in [0.2, 0.25) is 0 Å². The first-order valence-corrected chi connectivity index (χ1v) is 6.06. The van der Waals surface area contributed by atoms with E-state index in [9.17, 15) is 13.6 Å². The van der Waals surface area contributed by atoms with Crippen LogP contribution in [-0.4, -0.2) is 25.7 Å². The number of carbonyl (C=O) groups is 1. The Morgan fingerprint density at radius 3 is 2.52 bits per heavy atom. The maximum absolute atomic E-state index is 13.7. The smallest absolute Gasteiger partial charge is 0.337 e. The molecule has 1 N–H and O–H groups in total. The second-order valence-electron chi connectivity index (χ2n) is 4.44. The van der Waals surface area contributed by atoms with Crippen molar-refractivity contribution in [1.29, 1.82) is 0 Å². The quantitative estimate of drug-likeness (QED) is 0.803. The lowest BCUT2D eigenvalue weighted by atomic mass is 10.1. The summed E-state index contributed by atoms with van der Waals surface area (Å²) in [7, 11) is 0. The second-order valence-corrected chi connectivity index (χ2v) is 4.44. The highest BCUT2D eigenvalue weighted by molar-refractivity contribution is 5.87. The Morgan fingerprint density at radius 1 is 1.14 bits per heavy atom. The summed E-state index contributed by atoms with van der Waals surface area (Å²) in [5, 5.41) is 16.7. The molecule has 0 unspecified atom stereocenters. The van der Waals surface area contributed by atoms with Crippen LogP contribution >= 0.6 is 0 Å². The van der Waals surface area contributed by atoms with Gasteiger partial charge in [-0.05, 0) is 24.3 Å². The normalized spacial score (nSPS) is 11.0. The highest BCUT2D eigenvalue weighted by atomic mass is 19.1. The first-order chi connectivity index (χ1) is 10.1.